The molecule has 0 saturated carbocycles. The lowest BCUT2D eigenvalue weighted by molar-refractivity contribution is -0.136. The van der Waals surface area contributed by atoms with Gasteiger partial charge in [-0.2, -0.15) is 0 Å². The van der Waals surface area contributed by atoms with E-state index in [1.54, 1.807) is 7.11 Å². The van der Waals surface area contributed by atoms with E-state index in [1.165, 1.54) is 0 Å². The maximum atomic E-state index is 11.8. The van der Waals surface area contributed by atoms with Crippen LogP contribution in [0.4, 0.5) is 4.79 Å². The molecule has 6 heteroatoms. The van der Waals surface area contributed by atoms with E-state index in [0.29, 0.717) is 6.42 Å². The molecule has 1 unspecified atom stereocenters. The fourth-order valence-electron chi connectivity index (χ4n) is 2.06. The Hall–Kier alpha value is -2.24. The zero-order valence-electron chi connectivity index (χ0n) is 13.3. The van der Waals surface area contributed by atoms with E-state index >= 15 is 0 Å². The van der Waals surface area contributed by atoms with E-state index < -0.39 is 5.97 Å². The summed E-state index contributed by atoms with van der Waals surface area (Å²) in [6.45, 7) is 4.16. The highest BCUT2D eigenvalue weighted by Gasteiger charge is 2.18. The third-order valence-corrected chi connectivity index (χ3v) is 3.38. The molecule has 0 heterocycles. The molecule has 2 amide bonds. The molecule has 0 aliphatic heterocycles. The van der Waals surface area contributed by atoms with Crippen LogP contribution in [0.5, 0.6) is 5.75 Å². The minimum Gasteiger partial charge on any atom is -0.496 e. The second kappa shape index (κ2) is 8.92. The van der Waals surface area contributed by atoms with Gasteiger partial charge in [0.25, 0.3) is 0 Å². The first-order valence-electron chi connectivity index (χ1n) is 7.32. The van der Waals surface area contributed by atoms with E-state index in [-0.39, 0.29) is 31.0 Å². The Labute approximate surface area is 130 Å². The number of hydrogen-bond acceptors (Lipinski definition) is 3. The van der Waals surface area contributed by atoms with E-state index in [2.05, 4.69) is 10.6 Å². The van der Waals surface area contributed by atoms with Crippen molar-refractivity contribution in [1.82, 2.24) is 10.6 Å². The highest BCUT2D eigenvalue weighted by molar-refractivity contribution is 5.75. The average molecular weight is 308 g/mol. The summed E-state index contributed by atoms with van der Waals surface area (Å²) in [7, 11) is 1.62. The summed E-state index contributed by atoms with van der Waals surface area (Å²) in [5, 5.41) is 14.0. The minimum atomic E-state index is -0.935. The Kier molecular flexibility index (Phi) is 7.22. The van der Waals surface area contributed by atoms with Gasteiger partial charge in [0.05, 0.1) is 13.5 Å². The van der Waals surface area contributed by atoms with Crippen molar-refractivity contribution < 1.29 is 19.4 Å². The summed E-state index contributed by atoms with van der Waals surface area (Å²) in [6, 6.07) is 7.27. The first kappa shape index (κ1) is 17.8. The van der Waals surface area contributed by atoms with Crippen LogP contribution in [0.3, 0.4) is 0 Å². The molecule has 0 fully saturated rings. The smallest absolute Gasteiger partial charge is 0.315 e. The van der Waals surface area contributed by atoms with Crippen LogP contribution >= 0.6 is 0 Å². The van der Waals surface area contributed by atoms with Gasteiger partial charge in [0.1, 0.15) is 5.75 Å². The van der Waals surface area contributed by atoms with E-state index in [9.17, 15) is 9.59 Å². The molecule has 0 aromatic heterocycles. The number of benzene rings is 1. The SMILES string of the molecule is COc1ccccc1CC(NC(=O)NCCC(=O)O)C(C)C. The molecular formula is C16H24N2O4. The van der Waals surface area contributed by atoms with E-state index in [4.69, 9.17) is 9.84 Å². The number of carbonyl (C=O) groups excluding carboxylic acids is 1. The number of aliphatic carboxylic acids is 1. The van der Waals surface area contributed by atoms with Crippen LogP contribution in [-0.4, -0.2) is 36.8 Å². The monoisotopic (exact) mass is 308 g/mol. The van der Waals surface area contributed by atoms with Gasteiger partial charge in [-0.15, -0.1) is 0 Å². The molecule has 1 atom stereocenters. The topological polar surface area (TPSA) is 87.7 Å². The number of carboxylic acids is 1. The van der Waals surface area contributed by atoms with Crippen molar-refractivity contribution in [2.75, 3.05) is 13.7 Å². The van der Waals surface area contributed by atoms with Crippen molar-refractivity contribution in [3.63, 3.8) is 0 Å². The first-order valence-corrected chi connectivity index (χ1v) is 7.32. The van der Waals surface area contributed by atoms with Gasteiger partial charge in [0.15, 0.2) is 0 Å². The number of methoxy groups -OCH3 is 1. The molecule has 0 aliphatic rings. The number of ether oxygens (including phenoxy) is 1. The van der Waals surface area contributed by atoms with E-state index in [0.717, 1.165) is 11.3 Å². The van der Waals surface area contributed by atoms with Crippen molar-refractivity contribution in [2.24, 2.45) is 5.92 Å². The van der Waals surface area contributed by atoms with Gasteiger partial charge in [0.2, 0.25) is 0 Å². The molecule has 3 N–H and O–H groups in total. The molecule has 22 heavy (non-hydrogen) atoms. The normalized spacial score (nSPS) is 11.8. The Bertz CT molecular complexity index is 503. The molecular weight excluding hydrogens is 284 g/mol. The number of hydrogen-bond donors (Lipinski definition) is 3. The Morgan fingerprint density at radius 1 is 1.27 bits per heavy atom. The molecule has 0 bridgehead atoms. The van der Waals surface area contributed by atoms with Gasteiger partial charge >= 0.3 is 12.0 Å². The van der Waals surface area contributed by atoms with Crippen LogP contribution in [0.2, 0.25) is 0 Å². The van der Waals surface area contributed by atoms with Crippen molar-refractivity contribution in [1.29, 1.82) is 0 Å². The van der Waals surface area contributed by atoms with Gasteiger partial charge in [-0.1, -0.05) is 32.0 Å². The number of carboxylic acid groups (broad SMARTS) is 1. The summed E-state index contributed by atoms with van der Waals surface area (Å²) in [5.41, 5.74) is 1.02. The second-order valence-corrected chi connectivity index (χ2v) is 5.41. The summed E-state index contributed by atoms with van der Waals surface area (Å²) < 4.78 is 5.33. The summed E-state index contributed by atoms with van der Waals surface area (Å²) >= 11 is 0. The molecule has 0 saturated heterocycles. The maximum Gasteiger partial charge on any atom is 0.315 e. The van der Waals surface area contributed by atoms with Crippen LogP contribution in [0, 0.1) is 5.92 Å². The zero-order chi connectivity index (χ0) is 16.5. The number of para-hydroxylation sites is 1. The fraction of sp³-hybridized carbons (Fsp3) is 0.500. The Morgan fingerprint density at radius 3 is 2.55 bits per heavy atom. The van der Waals surface area contributed by atoms with Gasteiger partial charge < -0.3 is 20.5 Å². The van der Waals surface area contributed by atoms with Crippen LogP contribution in [0.1, 0.15) is 25.8 Å². The lowest BCUT2D eigenvalue weighted by atomic mass is 9.96. The third-order valence-electron chi connectivity index (χ3n) is 3.38. The average Bonchev–Trinajstić information content (AvgIpc) is 2.46. The Balaban J connectivity index is 2.62. The highest BCUT2D eigenvalue weighted by Crippen LogP contribution is 2.20. The molecule has 0 aliphatic carbocycles. The summed E-state index contributed by atoms with van der Waals surface area (Å²) in [5.74, 6) is 0.0890. The van der Waals surface area contributed by atoms with Crippen molar-refractivity contribution in [3.05, 3.63) is 29.8 Å². The second-order valence-electron chi connectivity index (χ2n) is 5.41. The molecule has 6 nitrogen and oxygen atoms in total. The van der Waals surface area contributed by atoms with Crippen molar-refractivity contribution in [3.8, 4) is 5.75 Å². The van der Waals surface area contributed by atoms with Crippen LogP contribution in [0.15, 0.2) is 24.3 Å². The third kappa shape index (κ3) is 6.03. The number of nitrogens with one attached hydrogen (secondary N) is 2. The zero-order valence-corrected chi connectivity index (χ0v) is 13.3. The molecule has 1 rings (SSSR count). The van der Waals surface area contributed by atoms with Gasteiger partial charge in [0, 0.05) is 12.6 Å². The first-order chi connectivity index (χ1) is 10.4. The molecule has 1 aromatic rings. The van der Waals surface area contributed by atoms with Gasteiger partial charge in [-0.3, -0.25) is 4.79 Å². The predicted molar refractivity (Wildman–Crippen MR) is 84.1 cm³/mol. The maximum absolute atomic E-state index is 11.8. The van der Waals surface area contributed by atoms with Crippen LogP contribution < -0.4 is 15.4 Å². The lowest BCUT2D eigenvalue weighted by Gasteiger charge is -2.23. The minimum absolute atomic E-state index is 0.0684. The molecule has 0 spiro atoms. The lowest BCUT2D eigenvalue weighted by Crippen LogP contribution is -2.46. The quantitative estimate of drug-likeness (QED) is 0.686. The van der Waals surface area contributed by atoms with Gasteiger partial charge in [-0.25, -0.2) is 4.79 Å². The Morgan fingerprint density at radius 2 is 1.95 bits per heavy atom. The largest absolute Gasteiger partial charge is 0.496 e. The van der Waals surface area contributed by atoms with E-state index in [1.807, 2.05) is 38.1 Å². The highest BCUT2D eigenvalue weighted by atomic mass is 16.5. The predicted octanol–water partition coefficient (Wildman–Crippen LogP) is 2.04. The molecule has 0 radical (unpaired) electrons. The van der Waals surface area contributed by atoms with Crippen molar-refractivity contribution >= 4 is 12.0 Å². The molecule has 122 valence electrons. The summed E-state index contributed by atoms with van der Waals surface area (Å²) in [6.07, 6.45) is 0.556. The molecule has 1 aromatic carbocycles. The number of rotatable bonds is 8. The van der Waals surface area contributed by atoms with Crippen molar-refractivity contribution in [2.45, 2.75) is 32.7 Å². The van der Waals surface area contributed by atoms with Crippen LogP contribution in [0.25, 0.3) is 0 Å². The van der Waals surface area contributed by atoms with Gasteiger partial charge in [-0.05, 0) is 24.0 Å². The van der Waals surface area contributed by atoms with Crippen LogP contribution in [-0.2, 0) is 11.2 Å². The number of carbonyl (C=O) groups is 2. The fourth-order valence-corrected chi connectivity index (χ4v) is 2.06. The summed E-state index contributed by atoms with van der Waals surface area (Å²) in [4.78, 5) is 22.3. The number of urea groups is 1. The number of amides is 2. The standard InChI is InChI=1S/C16H24N2O4/c1-11(2)13(18-16(21)17-9-8-15(19)20)10-12-6-4-5-7-14(12)22-3/h4-7,11,13H,8-10H2,1-3H3,(H,19,20)(H2,17,18,21).